The van der Waals surface area contributed by atoms with E-state index in [1.807, 2.05) is 12.3 Å². The van der Waals surface area contributed by atoms with Crippen LogP contribution in [0.5, 0.6) is 5.75 Å². The molecule has 3 nitrogen and oxygen atoms in total. The normalized spacial score (nSPS) is 14.9. The van der Waals surface area contributed by atoms with E-state index in [9.17, 15) is 0 Å². The quantitative estimate of drug-likeness (QED) is 0.630. The van der Waals surface area contributed by atoms with Gasteiger partial charge in [-0.1, -0.05) is 6.07 Å². The molecule has 1 aromatic heterocycles. The molecule has 0 unspecified atom stereocenters. The zero-order valence-corrected chi connectivity index (χ0v) is 7.73. The lowest BCUT2D eigenvalue weighted by Gasteiger charge is -2.18. The number of benzene rings is 1. The molecule has 1 aliphatic heterocycles. The molecule has 70 valence electrons. The molecule has 0 saturated heterocycles. The van der Waals surface area contributed by atoms with Crippen molar-refractivity contribution in [3.05, 3.63) is 30.2 Å². The van der Waals surface area contributed by atoms with E-state index < -0.39 is 0 Å². The van der Waals surface area contributed by atoms with Crippen LogP contribution in [0.15, 0.2) is 24.7 Å². The van der Waals surface area contributed by atoms with Crippen LogP contribution < -0.4 is 4.74 Å². The Bertz CT molecular complexity index is 482. The number of aromatic nitrogens is 2. The first-order valence-electron chi connectivity index (χ1n) is 4.79. The third-order valence-electron chi connectivity index (χ3n) is 2.56. The lowest BCUT2D eigenvalue weighted by Crippen LogP contribution is -2.08. The molecule has 0 N–H and O–H groups in total. The van der Waals surface area contributed by atoms with Gasteiger partial charge in [0, 0.05) is 6.20 Å². The topological polar surface area (TPSA) is 35.0 Å². The molecule has 0 amide bonds. The third kappa shape index (κ3) is 1.05. The average Bonchev–Trinajstić information content (AvgIpc) is 2.29. The van der Waals surface area contributed by atoms with Crippen molar-refractivity contribution < 1.29 is 4.74 Å². The Morgan fingerprint density at radius 1 is 1.29 bits per heavy atom. The second kappa shape index (κ2) is 2.94. The molecule has 0 saturated carbocycles. The van der Waals surface area contributed by atoms with Crippen molar-refractivity contribution >= 4 is 10.9 Å². The number of ether oxygens (including phenoxy) is 1. The SMILES string of the molecule is c1ncc2c3c(ccc2n1)CCCO3. The number of rotatable bonds is 0. The summed E-state index contributed by atoms with van der Waals surface area (Å²) in [5.41, 5.74) is 2.24. The fraction of sp³-hybridized carbons (Fsp3) is 0.273. The first kappa shape index (κ1) is 7.74. The molecule has 0 radical (unpaired) electrons. The van der Waals surface area contributed by atoms with Crippen molar-refractivity contribution in [2.75, 3.05) is 6.61 Å². The summed E-state index contributed by atoms with van der Waals surface area (Å²) in [6, 6.07) is 4.13. The smallest absolute Gasteiger partial charge is 0.133 e. The van der Waals surface area contributed by atoms with E-state index in [2.05, 4.69) is 16.0 Å². The van der Waals surface area contributed by atoms with E-state index in [0.29, 0.717) is 0 Å². The fourth-order valence-corrected chi connectivity index (χ4v) is 1.88. The molecule has 0 aliphatic carbocycles. The summed E-state index contributed by atoms with van der Waals surface area (Å²) in [4.78, 5) is 8.23. The molecule has 3 heteroatoms. The number of hydrogen-bond donors (Lipinski definition) is 0. The van der Waals surface area contributed by atoms with Gasteiger partial charge in [0.05, 0.1) is 17.5 Å². The molecule has 0 bridgehead atoms. The van der Waals surface area contributed by atoms with E-state index >= 15 is 0 Å². The Kier molecular flexibility index (Phi) is 1.63. The molecule has 3 rings (SSSR count). The van der Waals surface area contributed by atoms with Gasteiger partial charge in [0.2, 0.25) is 0 Å². The number of fused-ring (bicyclic) bond motifs is 3. The monoisotopic (exact) mass is 186 g/mol. The highest BCUT2D eigenvalue weighted by Crippen LogP contribution is 2.31. The Hall–Kier alpha value is -1.64. The summed E-state index contributed by atoms with van der Waals surface area (Å²) >= 11 is 0. The minimum absolute atomic E-state index is 0.807. The van der Waals surface area contributed by atoms with Crippen LogP contribution in [0.25, 0.3) is 10.9 Å². The zero-order valence-electron chi connectivity index (χ0n) is 7.73. The van der Waals surface area contributed by atoms with Crippen LogP contribution in [0.3, 0.4) is 0 Å². The highest BCUT2D eigenvalue weighted by molar-refractivity contribution is 5.85. The van der Waals surface area contributed by atoms with Gasteiger partial charge in [-0.2, -0.15) is 0 Å². The standard InChI is InChI=1S/C11H10N2O/c1-2-8-3-4-10-9(6-12-7-13-10)11(8)14-5-1/h3-4,6-7H,1-2,5H2. The van der Waals surface area contributed by atoms with Gasteiger partial charge in [0.25, 0.3) is 0 Å². The second-order valence-corrected chi connectivity index (χ2v) is 3.46. The fourth-order valence-electron chi connectivity index (χ4n) is 1.88. The molecule has 0 fully saturated rings. The summed E-state index contributed by atoms with van der Waals surface area (Å²) in [5.74, 6) is 0.981. The van der Waals surface area contributed by atoms with Gasteiger partial charge in [-0.25, -0.2) is 9.97 Å². The number of hydrogen-bond acceptors (Lipinski definition) is 3. The third-order valence-corrected chi connectivity index (χ3v) is 2.56. The summed E-state index contributed by atoms with van der Waals surface area (Å²) < 4.78 is 5.66. The van der Waals surface area contributed by atoms with Crippen LogP contribution in [0, 0.1) is 0 Å². The van der Waals surface area contributed by atoms with Crippen LogP contribution in [-0.2, 0) is 6.42 Å². The van der Waals surface area contributed by atoms with Crippen molar-refractivity contribution in [3.63, 3.8) is 0 Å². The molecule has 2 heterocycles. The van der Waals surface area contributed by atoms with Crippen LogP contribution >= 0.6 is 0 Å². The van der Waals surface area contributed by atoms with E-state index in [1.54, 1.807) is 6.33 Å². The molecular formula is C11H10N2O. The maximum absolute atomic E-state index is 5.66. The molecule has 0 atom stereocenters. The van der Waals surface area contributed by atoms with Crippen molar-refractivity contribution in [3.8, 4) is 5.75 Å². The van der Waals surface area contributed by atoms with E-state index in [-0.39, 0.29) is 0 Å². The van der Waals surface area contributed by atoms with Crippen LogP contribution in [0.1, 0.15) is 12.0 Å². The predicted octanol–water partition coefficient (Wildman–Crippen LogP) is 1.95. The van der Waals surface area contributed by atoms with Gasteiger partial charge in [0.1, 0.15) is 12.1 Å². The van der Waals surface area contributed by atoms with E-state index in [1.165, 1.54) is 5.56 Å². The lowest BCUT2D eigenvalue weighted by atomic mass is 10.0. The van der Waals surface area contributed by atoms with Crippen molar-refractivity contribution in [2.45, 2.75) is 12.8 Å². The van der Waals surface area contributed by atoms with Crippen LogP contribution in [0.4, 0.5) is 0 Å². The largest absolute Gasteiger partial charge is 0.493 e. The second-order valence-electron chi connectivity index (χ2n) is 3.46. The summed E-state index contributed by atoms with van der Waals surface area (Å²) in [5, 5.41) is 1.03. The Morgan fingerprint density at radius 3 is 3.29 bits per heavy atom. The Morgan fingerprint density at radius 2 is 2.29 bits per heavy atom. The van der Waals surface area contributed by atoms with Crippen LogP contribution in [-0.4, -0.2) is 16.6 Å². The van der Waals surface area contributed by atoms with Gasteiger partial charge in [-0.3, -0.25) is 0 Å². The molecule has 1 aromatic carbocycles. The Labute approximate surface area is 81.8 Å². The van der Waals surface area contributed by atoms with Gasteiger partial charge in [-0.15, -0.1) is 0 Å². The molecule has 14 heavy (non-hydrogen) atoms. The highest BCUT2D eigenvalue weighted by atomic mass is 16.5. The number of nitrogens with zero attached hydrogens (tertiary/aromatic N) is 2. The van der Waals surface area contributed by atoms with Crippen molar-refractivity contribution in [2.24, 2.45) is 0 Å². The maximum Gasteiger partial charge on any atom is 0.133 e. The molecular weight excluding hydrogens is 176 g/mol. The highest BCUT2D eigenvalue weighted by Gasteiger charge is 2.13. The molecule has 2 aromatic rings. The zero-order chi connectivity index (χ0) is 9.38. The average molecular weight is 186 g/mol. The van der Waals surface area contributed by atoms with Gasteiger partial charge >= 0.3 is 0 Å². The predicted molar refractivity (Wildman–Crippen MR) is 53.4 cm³/mol. The molecule has 1 aliphatic rings. The first-order valence-corrected chi connectivity index (χ1v) is 4.79. The number of aryl methyl sites for hydroxylation is 1. The Balaban J connectivity index is 2.34. The van der Waals surface area contributed by atoms with E-state index in [4.69, 9.17) is 4.74 Å². The molecule has 0 spiro atoms. The van der Waals surface area contributed by atoms with Crippen molar-refractivity contribution in [1.29, 1.82) is 0 Å². The minimum Gasteiger partial charge on any atom is -0.493 e. The lowest BCUT2D eigenvalue weighted by molar-refractivity contribution is 0.292. The van der Waals surface area contributed by atoms with Gasteiger partial charge in [0.15, 0.2) is 0 Å². The minimum atomic E-state index is 0.807. The van der Waals surface area contributed by atoms with Crippen LogP contribution in [0.2, 0.25) is 0 Å². The summed E-state index contributed by atoms with van der Waals surface area (Å²) in [7, 11) is 0. The van der Waals surface area contributed by atoms with E-state index in [0.717, 1.165) is 36.1 Å². The maximum atomic E-state index is 5.66. The summed E-state index contributed by atoms with van der Waals surface area (Å²) in [6.07, 6.45) is 5.59. The summed E-state index contributed by atoms with van der Waals surface area (Å²) in [6.45, 7) is 0.807. The first-order chi connectivity index (χ1) is 6.95. The van der Waals surface area contributed by atoms with Crippen molar-refractivity contribution in [1.82, 2.24) is 9.97 Å². The van der Waals surface area contributed by atoms with Gasteiger partial charge in [-0.05, 0) is 24.5 Å². The van der Waals surface area contributed by atoms with Gasteiger partial charge < -0.3 is 4.74 Å².